The summed E-state index contributed by atoms with van der Waals surface area (Å²) in [6.45, 7) is 3.58. The molecule has 5 rings (SSSR count). The molecule has 3 aromatic heterocycles. The molecule has 160 valence electrons. The number of piperidine rings is 1. The number of benzene rings is 1. The van der Waals surface area contributed by atoms with Crippen LogP contribution in [0, 0.1) is 6.92 Å². The first-order valence-electron chi connectivity index (χ1n) is 10.9. The number of hydrogen-bond donors (Lipinski definition) is 0. The third-order valence-electron chi connectivity index (χ3n) is 5.99. The lowest BCUT2D eigenvalue weighted by Crippen LogP contribution is -2.37. The molecule has 0 atom stereocenters. The van der Waals surface area contributed by atoms with Gasteiger partial charge >= 0.3 is 0 Å². The number of carbonyl (C=O) groups is 1. The Bertz CT molecular complexity index is 1220. The SMILES string of the molecule is Cc1cccc(-c2cnc(-c3ccncc3)nc2C2CCN(C(=O)c3cccs3)CC2)c1. The van der Waals surface area contributed by atoms with Gasteiger partial charge in [0.1, 0.15) is 0 Å². The smallest absolute Gasteiger partial charge is 0.263 e. The highest BCUT2D eigenvalue weighted by atomic mass is 32.1. The molecule has 0 bridgehead atoms. The Morgan fingerprint density at radius 1 is 1.03 bits per heavy atom. The summed E-state index contributed by atoms with van der Waals surface area (Å²) in [4.78, 5) is 29.4. The maximum atomic E-state index is 12.8. The minimum atomic E-state index is 0.137. The van der Waals surface area contributed by atoms with E-state index in [0.29, 0.717) is 0 Å². The molecule has 1 aromatic carbocycles. The molecule has 1 fully saturated rings. The highest BCUT2D eigenvalue weighted by Crippen LogP contribution is 2.35. The largest absolute Gasteiger partial charge is 0.338 e. The summed E-state index contributed by atoms with van der Waals surface area (Å²) in [5, 5.41) is 1.95. The lowest BCUT2D eigenvalue weighted by molar-refractivity contribution is 0.0717. The van der Waals surface area contributed by atoms with E-state index in [-0.39, 0.29) is 11.8 Å². The summed E-state index contributed by atoms with van der Waals surface area (Å²) in [6.07, 6.45) is 7.27. The van der Waals surface area contributed by atoms with Crippen molar-refractivity contribution in [3.8, 4) is 22.5 Å². The van der Waals surface area contributed by atoms with Crippen molar-refractivity contribution in [3.63, 3.8) is 0 Å². The zero-order chi connectivity index (χ0) is 21.9. The number of amides is 1. The van der Waals surface area contributed by atoms with Crippen LogP contribution < -0.4 is 0 Å². The molecule has 6 heteroatoms. The number of carbonyl (C=O) groups excluding carboxylic acids is 1. The number of likely N-dealkylation sites (tertiary alicyclic amines) is 1. The van der Waals surface area contributed by atoms with Crippen LogP contribution in [0.3, 0.4) is 0 Å². The van der Waals surface area contributed by atoms with Gasteiger partial charge in [0, 0.05) is 48.7 Å². The standard InChI is InChI=1S/C26H24N4OS/c1-18-4-2-5-21(16-18)22-17-28-25(20-7-11-27-12-8-20)29-24(22)19-9-13-30(14-10-19)26(31)23-6-3-15-32-23/h2-8,11-12,15-17,19H,9-10,13-14H2,1H3. The Kier molecular flexibility index (Phi) is 5.77. The fourth-order valence-electron chi connectivity index (χ4n) is 4.29. The first-order chi connectivity index (χ1) is 15.7. The van der Waals surface area contributed by atoms with E-state index in [0.717, 1.165) is 59.0 Å². The molecule has 0 N–H and O–H groups in total. The molecule has 0 unspecified atom stereocenters. The van der Waals surface area contributed by atoms with Crippen LogP contribution in [-0.4, -0.2) is 38.8 Å². The van der Waals surface area contributed by atoms with Crippen LogP contribution in [0.1, 0.15) is 39.7 Å². The summed E-state index contributed by atoms with van der Waals surface area (Å²) in [7, 11) is 0. The molecule has 4 aromatic rings. The van der Waals surface area contributed by atoms with Gasteiger partial charge in [-0.2, -0.15) is 0 Å². The Labute approximate surface area is 191 Å². The molecule has 0 saturated carbocycles. The summed E-state index contributed by atoms with van der Waals surface area (Å²) >= 11 is 1.51. The van der Waals surface area contributed by atoms with E-state index in [4.69, 9.17) is 4.98 Å². The second-order valence-electron chi connectivity index (χ2n) is 8.14. The van der Waals surface area contributed by atoms with Crippen molar-refractivity contribution >= 4 is 17.2 Å². The first-order valence-corrected chi connectivity index (χ1v) is 11.7. The third-order valence-corrected chi connectivity index (χ3v) is 6.84. The van der Waals surface area contributed by atoms with Gasteiger partial charge in [0.15, 0.2) is 5.82 Å². The molecule has 4 heterocycles. The average molecular weight is 441 g/mol. The van der Waals surface area contributed by atoms with E-state index in [2.05, 4.69) is 41.2 Å². The van der Waals surface area contributed by atoms with Crippen LogP contribution in [0.2, 0.25) is 0 Å². The van der Waals surface area contributed by atoms with Crippen LogP contribution in [0.4, 0.5) is 0 Å². The molecule has 0 aliphatic carbocycles. The van der Waals surface area contributed by atoms with Crippen LogP contribution >= 0.6 is 11.3 Å². The average Bonchev–Trinajstić information content (AvgIpc) is 3.39. The van der Waals surface area contributed by atoms with E-state index in [1.165, 1.54) is 16.9 Å². The first kappa shape index (κ1) is 20.5. The fraction of sp³-hybridized carbons (Fsp3) is 0.231. The predicted octanol–water partition coefficient (Wildman–Crippen LogP) is 5.60. The van der Waals surface area contributed by atoms with E-state index < -0.39 is 0 Å². The Morgan fingerprint density at radius 2 is 1.84 bits per heavy atom. The Balaban J connectivity index is 1.46. The minimum absolute atomic E-state index is 0.137. The second-order valence-corrected chi connectivity index (χ2v) is 9.09. The molecular formula is C26H24N4OS. The van der Waals surface area contributed by atoms with Crippen molar-refractivity contribution in [3.05, 3.63) is 88.6 Å². The number of rotatable bonds is 4. The third kappa shape index (κ3) is 4.18. The molecule has 0 spiro atoms. The molecule has 32 heavy (non-hydrogen) atoms. The van der Waals surface area contributed by atoms with Gasteiger partial charge < -0.3 is 4.90 Å². The van der Waals surface area contributed by atoms with Gasteiger partial charge in [0.25, 0.3) is 5.91 Å². The number of pyridine rings is 1. The summed E-state index contributed by atoms with van der Waals surface area (Å²) in [5.41, 5.74) is 5.46. The molecule has 5 nitrogen and oxygen atoms in total. The maximum absolute atomic E-state index is 12.8. The van der Waals surface area contributed by atoms with Crippen molar-refractivity contribution in [1.29, 1.82) is 0 Å². The second kappa shape index (κ2) is 9.01. The zero-order valence-corrected chi connectivity index (χ0v) is 18.8. The minimum Gasteiger partial charge on any atom is -0.338 e. The van der Waals surface area contributed by atoms with Gasteiger partial charge in [-0.3, -0.25) is 9.78 Å². The molecule has 1 amide bonds. The maximum Gasteiger partial charge on any atom is 0.263 e. The highest BCUT2D eigenvalue weighted by Gasteiger charge is 2.28. The van der Waals surface area contributed by atoms with Crippen LogP contribution in [-0.2, 0) is 0 Å². The van der Waals surface area contributed by atoms with E-state index in [1.54, 1.807) is 12.4 Å². The Morgan fingerprint density at radius 3 is 2.56 bits per heavy atom. The molecule has 1 aliphatic heterocycles. The van der Waals surface area contributed by atoms with E-state index in [9.17, 15) is 4.79 Å². The van der Waals surface area contributed by atoms with Crippen LogP contribution in [0.25, 0.3) is 22.5 Å². The van der Waals surface area contributed by atoms with Crippen LogP contribution in [0.5, 0.6) is 0 Å². The zero-order valence-electron chi connectivity index (χ0n) is 17.9. The van der Waals surface area contributed by atoms with Crippen molar-refractivity contribution in [2.24, 2.45) is 0 Å². The molecule has 1 aliphatic rings. The summed E-state index contributed by atoms with van der Waals surface area (Å²) in [5.74, 6) is 1.13. The summed E-state index contributed by atoms with van der Waals surface area (Å²) in [6, 6.07) is 16.2. The summed E-state index contributed by atoms with van der Waals surface area (Å²) < 4.78 is 0. The number of aromatic nitrogens is 3. The van der Waals surface area contributed by atoms with Gasteiger partial charge in [-0.25, -0.2) is 9.97 Å². The van der Waals surface area contributed by atoms with Gasteiger partial charge in [0.2, 0.25) is 0 Å². The fourth-order valence-corrected chi connectivity index (χ4v) is 4.98. The number of thiophene rings is 1. The van der Waals surface area contributed by atoms with Gasteiger partial charge in [-0.1, -0.05) is 35.9 Å². The van der Waals surface area contributed by atoms with Crippen molar-refractivity contribution in [2.45, 2.75) is 25.7 Å². The topological polar surface area (TPSA) is 59.0 Å². The molecule has 1 saturated heterocycles. The Hall–Kier alpha value is -3.38. The van der Waals surface area contributed by atoms with E-state index in [1.807, 2.05) is 40.7 Å². The van der Waals surface area contributed by atoms with Gasteiger partial charge in [-0.05, 0) is 48.9 Å². The van der Waals surface area contributed by atoms with E-state index >= 15 is 0 Å². The lowest BCUT2D eigenvalue weighted by atomic mass is 9.88. The quantitative estimate of drug-likeness (QED) is 0.415. The normalized spacial score (nSPS) is 14.5. The van der Waals surface area contributed by atoms with Crippen LogP contribution in [0.15, 0.2) is 72.5 Å². The molecular weight excluding hydrogens is 416 g/mol. The highest BCUT2D eigenvalue weighted by molar-refractivity contribution is 7.12. The number of nitrogens with zero attached hydrogens (tertiary/aromatic N) is 4. The van der Waals surface area contributed by atoms with Gasteiger partial charge in [-0.15, -0.1) is 11.3 Å². The lowest BCUT2D eigenvalue weighted by Gasteiger charge is -2.32. The monoisotopic (exact) mass is 440 g/mol. The number of aryl methyl sites for hydroxylation is 1. The van der Waals surface area contributed by atoms with Crippen molar-refractivity contribution in [2.75, 3.05) is 13.1 Å². The van der Waals surface area contributed by atoms with Crippen molar-refractivity contribution < 1.29 is 4.79 Å². The molecule has 0 radical (unpaired) electrons. The number of hydrogen-bond acceptors (Lipinski definition) is 5. The van der Waals surface area contributed by atoms with Crippen molar-refractivity contribution in [1.82, 2.24) is 19.9 Å². The van der Waals surface area contributed by atoms with Gasteiger partial charge in [0.05, 0.1) is 10.6 Å². The predicted molar refractivity (Wildman–Crippen MR) is 128 cm³/mol.